The minimum atomic E-state index is -2.13. The molecule has 3 rings (SSSR count). The number of Topliss-reactive ketones (excluding diaryl/α,β-unsaturated/α-hetero) is 1. The molecule has 3 atom stereocenters. The van der Waals surface area contributed by atoms with Gasteiger partial charge in [-0.05, 0) is 24.8 Å². The molecule has 0 spiro atoms. The number of fused-ring (bicyclic) bond motifs is 1. The molecule has 0 saturated carbocycles. The van der Waals surface area contributed by atoms with Crippen LogP contribution in [0.1, 0.15) is 93.8 Å². The Labute approximate surface area is 166 Å². The summed E-state index contributed by atoms with van der Waals surface area (Å²) in [6.07, 6.45) is 1.72. The van der Waals surface area contributed by atoms with Crippen LogP contribution in [0.2, 0.25) is 0 Å². The summed E-state index contributed by atoms with van der Waals surface area (Å²) in [5.41, 5.74) is 1.23. The van der Waals surface area contributed by atoms with Crippen molar-refractivity contribution in [2.24, 2.45) is 5.92 Å². The number of carbonyl (C=O) groups is 1. The molecule has 0 saturated heterocycles. The van der Waals surface area contributed by atoms with Crippen molar-refractivity contribution >= 4 is 5.78 Å². The van der Waals surface area contributed by atoms with E-state index in [4.69, 9.17) is 0 Å². The van der Waals surface area contributed by atoms with Crippen molar-refractivity contribution in [2.75, 3.05) is 0 Å². The molecular weight excluding hydrogens is 360 g/mol. The third kappa shape index (κ3) is 5.46. The van der Waals surface area contributed by atoms with Crippen molar-refractivity contribution < 1.29 is 13.6 Å². The van der Waals surface area contributed by atoms with Gasteiger partial charge in [0.05, 0.1) is 6.04 Å². The molecule has 2 heterocycles. The fourth-order valence-corrected chi connectivity index (χ4v) is 3.43. The van der Waals surface area contributed by atoms with Gasteiger partial charge in [-0.25, -0.2) is 18.4 Å². The van der Waals surface area contributed by atoms with Crippen LogP contribution in [0.4, 0.5) is 8.78 Å². The van der Waals surface area contributed by atoms with Gasteiger partial charge >= 0.3 is 0 Å². The Balaban J connectivity index is 0.000000300. The van der Waals surface area contributed by atoms with Crippen molar-refractivity contribution in [3.05, 3.63) is 47.5 Å². The Morgan fingerprint density at radius 2 is 1.89 bits per heavy atom. The molecule has 0 bridgehead atoms. The van der Waals surface area contributed by atoms with Crippen LogP contribution in [-0.4, -0.2) is 27.0 Å². The molecule has 1 aromatic heterocycles. The van der Waals surface area contributed by atoms with E-state index >= 15 is 0 Å². The lowest BCUT2D eigenvalue weighted by Crippen LogP contribution is -2.09. The van der Waals surface area contributed by atoms with Gasteiger partial charge in [-0.3, -0.25) is 4.79 Å². The average Bonchev–Trinajstić information content (AvgIpc) is 3.24. The first-order valence-electron chi connectivity index (χ1n) is 10.2. The molecule has 3 unspecified atom stereocenters. The van der Waals surface area contributed by atoms with Crippen LogP contribution in [0, 0.1) is 5.92 Å². The van der Waals surface area contributed by atoms with E-state index in [0.29, 0.717) is 24.6 Å². The summed E-state index contributed by atoms with van der Waals surface area (Å²) in [5, 5.41) is 4.47. The van der Waals surface area contributed by atoms with Crippen LogP contribution < -0.4 is 0 Å². The van der Waals surface area contributed by atoms with Crippen molar-refractivity contribution in [2.45, 2.75) is 78.2 Å². The SMILES string of the molecule is CCCC(=O)c1nc2n(n1)C(c1ccccc1)CC2C.CCCC(C)C(F)F. The summed E-state index contributed by atoms with van der Waals surface area (Å²) in [7, 11) is 0. The Bertz CT molecular complexity index is 745. The smallest absolute Gasteiger partial charge is 0.241 e. The maximum absolute atomic E-state index is 12.0. The lowest BCUT2D eigenvalue weighted by atomic mass is 10.0. The maximum atomic E-state index is 12.0. The highest BCUT2D eigenvalue weighted by Crippen LogP contribution is 2.38. The predicted molar refractivity (Wildman–Crippen MR) is 107 cm³/mol. The van der Waals surface area contributed by atoms with E-state index in [-0.39, 0.29) is 11.8 Å². The molecule has 0 aliphatic carbocycles. The Morgan fingerprint density at radius 1 is 1.21 bits per heavy atom. The van der Waals surface area contributed by atoms with Gasteiger partial charge in [-0.1, -0.05) is 64.4 Å². The largest absolute Gasteiger partial charge is 0.291 e. The van der Waals surface area contributed by atoms with E-state index in [2.05, 4.69) is 29.1 Å². The van der Waals surface area contributed by atoms with E-state index in [9.17, 15) is 13.6 Å². The maximum Gasteiger partial charge on any atom is 0.241 e. The lowest BCUT2D eigenvalue weighted by Gasteiger charge is -2.11. The highest BCUT2D eigenvalue weighted by Gasteiger charge is 2.33. The second-order valence-corrected chi connectivity index (χ2v) is 7.58. The molecule has 0 fully saturated rings. The van der Waals surface area contributed by atoms with E-state index in [1.807, 2.05) is 36.7 Å². The molecule has 0 N–H and O–H groups in total. The summed E-state index contributed by atoms with van der Waals surface area (Å²) < 4.78 is 25.2. The Kier molecular flexibility index (Phi) is 8.27. The quantitative estimate of drug-likeness (QED) is 0.540. The summed E-state index contributed by atoms with van der Waals surface area (Å²) in [5.74, 6) is 1.30. The van der Waals surface area contributed by atoms with Crippen molar-refractivity contribution in [1.29, 1.82) is 0 Å². The molecule has 2 aromatic rings. The van der Waals surface area contributed by atoms with Crippen LogP contribution in [-0.2, 0) is 0 Å². The number of ketones is 1. The standard InChI is InChI=1S/C16H19N3O.C6H12F2/c1-3-7-14(20)15-17-16-11(2)10-13(19(16)18-15)12-8-5-4-6-9-12;1-3-4-5(2)6(7)8/h4-6,8-9,11,13H,3,7,10H2,1-2H3;5-6H,3-4H2,1-2H3. The minimum Gasteiger partial charge on any atom is -0.291 e. The topological polar surface area (TPSA) is 47.8 Å². The third-order valence-corrected chi connectivity index (χ3v) is 5.06. The summed E-state index contributed by atoms with van der Waals surface area (Å²) in [6.45, 7) is 7.64. The average molecular weight is 392 g/mol. The lowest BCUT2D eigenvalue weighted by molar-refractivity contribution is 0.0815. The van der Waals surface area contributed by atoms with Crippen molar-refractivity contribution in [3.63, 3.8) is 0 Å². The fourth-order valence-electron chi connectivity index (χ4n) is 3.43. The van der Waals surface area contributed by atoms with E-state index in [1.54, 1.807) is 6.92 Å². The zero-order valence-electron chi connectivity index (χ0n) is 17.2. The van der Waals surface area contributed by atoms with Gasteiger partial charge in [0.15, 0.2) is 0 Å². The molecule has 6 heteroatoms. The van der Waals surface area contributed by atoms with Crippen molar-refractivity contribution in [3.8, 4) is 0 Å². The van der Waals surface area contributed by atoms with E-state index in [1.165, 1.54) is 5.56 Å². The predicted octanol–water partition coefficient (Wildman–Crippen LogP) is 6.05. The molecule has 0 amide bonds. The number of aromatic nitrogens is 3. The van der Waals surface area contributed by atoms with Gasteiger partial charge in [-0.15, -0.1) is 5.10 Å². The van der Waals surface area contributed by atoms with Gasteiger partial charge in [0.2, 0.25) is 18.0 Å². The van der Waals surface area contributed by atoms with Gasteiger partial charge in [-0.2, -0.15) is 0 Å². The van der Waals surface area contributed by atoms with Gasteiger partial charge in [0, 0.05) is 18.3 Å². The molecule has 1 aromatic carbocycles. The zero-order chi connectivity index (χ0) is 20.7. The molecule has 154 valence electrons. The number of alkyl halides is 2. The fraction of sp³-hybridized carbons (Fsp3) is 0.591. The van der Waals surface area contributed by atoms with Crippen LogP contribution in [0.3, 0.4) is 0 Å². The second-order valence-electron chi connectivity index (χ2n) is 7.58. The summed E-state index contributed by atoms with van der Waals surface area (Å²) >= 11 is 0. The normalized spacial score (nSPS) is 19.1. The number of hydrogen-bond donors (Lipinski definition) is 0. The zero-order valence-corrected chi connectivity index (χ0v) is 17.2. The van der Waals surface area contributed by atoms with Crippen LogP contribution in [0.5, 0.6) is 0 Å². The van der Waals surface area contributed by atoms with E-state index < -0.39 is 12.3 Å². The molecule has 4 nitrogen and oxygen atoms in total. The first-order valence-corrected chi connectivity index (χ1v) is 10.2. The summed E-state index contributed by atoms with van der Waals surface area (Å²) in [4.78, 5) is 16.4. The number of rotatable bonds is 7. The number of halogens is 2. The molecule has 0 radical (unpaired) electrons. The second kappa shape index (κ2) is 10.4. The molecule has 28 heavy (non-hydrogen) atoms. The first kappa shape index (κ1) is 22.2. The Morgan fingerprint density at radius 3 is 2.43 bits per heavy atom. The third-order valence-electron chi connectivity index (χ3n) is 5.06. The highest BCUT2D eigenvalue weighted by molar-refractivity contribution is 5.92. The monoisotopic (exact) mass is 391 g/mol. The number of nitrogens with zero attached hydrogens (tertiary/aromatic N) is 3. The summed E-state index contributed by atoms with van der Waals surface area (Å²) in [6, 6.07) is 10.5. The first-order chi connectivity index (χ1) is 13.4. The molecular formula is C22H31F2N3O. The van der Waals surface area contributed by atoms with E-state index in [0.717, 1.165) is 25.1 Å². The minimum absolute atomic E-state index is 0.0495. The van der Waals surface area contributed by atoms with Crippen LogP contribution in [0.15, 0.2) is 30.3 Å². The molecule has 1 aliphatic rings. The van der Waals surface area contributed by atoms with Crippen LogP contribution >= 0.6 is 0 Å². The number of hydrogen-bond acceptors (Lipinski definition) is 3. The van der Waals surface area contributed by atoms with Gasteiger partial charge in [0.25, 0.3) is 0 Å². The highest BCUT2D eigenvalue weighted by atomic mass is 19.3. The van der Waals surface area contributed by atoms with Crippen molar-refractivity contribution in [1.82, 2.24) is 14.8 Å². The molecule has 1 aliphatic heterocycles. The van der Waals surface area contributed by atoms with Crippen LogP contribution in [0.25, 0.3) is 0 Å². The van der Waals surface area contributed by atoms with Gasteiger partial charge < -0.3 is 0 Å². The number of benzene rings is 1. The number of carbonyl (C=O) groups excluding carboxylic acids is 1. The Hall–Kier alpha value is -2.11. The van der Waals surface area contributed by atoms with Gasteiger partial charge in [0.1, 0.15) is 5.82 Å².